The number of hydrogen-bond donors (Lipinski definition) is 20. The van der Waals surface area contributed by atoms with Crippen molar-refractivity contribution in [1.29, 1.82) is 0 Å². The Hall–Kier alpha value is -9.80. The number of carbonyl (C=O) groups excluding carboxylic acids is 12. The van der Waals surface area contributed by atoms with Gasteiger partial charge in [0, 0.05) is 42.9 Å². The van der Waals surface area contributed by atoms with E-state index in [-0.39, 0.29) is 108 Å². The summed E-state index contributed by atoms with van der Waals surface area (Å²) in [5, 5.41) is 40.8. The molecule has 620 valence electrons. The van der Waals surface area contributed by atoms with Crippen LogP contribution in [0.5, 0.6) is 0 Å². The molecule has 3 rings (SSSR count). The highest BCUT2D eigenvalue weighted by Gasteiger charge is 2.39. The van der Waals surface area contributed by atoms with E-state index in [2.05, 4.69) is 68.5 Å². The van der Waals surface area contributed by atoms with Crippen LogP contribution < -0.4 is 98.6 Å². The zero-order chi connectivity index (χ0) is 83.0. The Morgan fingerprint density at radius 1 is 0.423 bits per heavy atom. The molecular formula is C77H128N20O14. The van der Waals surface area contributed by atoms with Gasteiger partial charge in [-0.1, -0.05) is 131 Å². The predicted molar refractivity (Wildman–Crippen MR) is 424 cm³/mol. The molecule has 0 radical (unpaired) electrons. The number of rotatable bonds is 54. The number of unbranched alkanes of at least 4 members (excludes halogenated alkanes) is 3. The van der Waals surface area contributed by atoms with Gasteiger partial charge in [0.05, 0.1) is 6.04 Å². The number of aromatic amines is 1. The number of primary amides is 1. The summed E-state index contributed by atoms with van der Waals surface area (Å²) >= 11 is 0. The Labute approximate surface area is 652 Å². The van der Waals surface area contributed by atoms with E-state index < -0.39 is 174 Å². The summed E-state index contributed by atoms with van der Waals surface area (Å²) in [7, 11) is 0. The molecule has 2 aromatic carbocycles. The normalized spacial score (nSPS) is 15.2. The second kappa shape index (κ2) is 50.2. The molecule has 0 bridgehead atoms. The lowest BCUT2D eigenvalue weighted by Crippen LogP contribution is -2.62. The van der Waals surface area contributed by atoms with E-state index in [1.54, 1.807) is 110 Å². The zero-order valence-corrected chi connectivity index (χ0v) is 66.4. The standard InChI is InChI=1S/C77H128N20O14/c1-11-46(9)63(75(109)91-56(33-34-60(81)98)68(102)88-54(31-20-23-37-80)69(103)95-62(45(7)8)74(108)97-64(76(110)111)47(10)12-2)96-72(106)59(41-49-42-86-51-28-17-16-27-50(49)51)93-66(100)53(30-19-22-36-79)87-65(99)52(29-18-21-35-78)89-70(104)57(39-43(3)4)92-67(101)55(32-24-38-85-77(83)84)90-71(105)58(40-48-25-14-13-15-26-48)94-73(107)61(82)44(5)6/h13-17,25-28,42-47,52-59,61-64,86H,11-12,18-24,29-41,78-80,82H2,1-10H3,(H2,81,98)(H,87,99)(H,88,102)(H,89,104)(H,90,105)(H,91,109)(H,92,101)(H,93,100)(H,94,107)(H,95,103)(H,96,106)(H,97,108)(H,110,111)(H4,83,84,85)/t46-,47-,52-,53-,54-,55-,56-,57-,58-,59-,61-,62-,63-,64-/m0/s1. The fraction of sp³-hybridized carbons (Fsp3) is 0.636. The second-order valence-corrected chi connectivity index (χ2v) is 29.8. The van der Waals surface area contributed by atoms with Gasteiger partial charge in [-0.2, -0.15) is 0 Å². The Morgan fingerprint density at radius 3 is 1.28 bits per heavy atom. The molecule has 14 atom stereocenters. The van der Waals surface area contributed by atoms with E-state index in [9.17, 15) is 57.8 Å². The number of nitrogens with one attached hydrogen (secondary N) is 12. The summed E-state index contributed by atoms with van der Waals surface area (Å²) in [6.07, 6.45) is 3.69. The van der Waals surface area contributed by atoms with Crippen LogP contribution in [-0.2, 0) is 75.2 Å². The summed E-state index contributed by atoms with van der Waals surface area (Å²) in [5.74, 6) is -13.4. The van der Waals surface area contributed by atoms with Crippen LogP contribution in [0, 0.1) is 29.6 Å². The molecule has 1 heterocycles. The third-order valence-corrected chi connectivity index (χ3v) is 19.5. The number of hydrogen-bond acceptors (Lipinski definition) is 18. The number of aromatic nitrogens is 1. The van der Waals surface area contributed by atoms with E-state index >= 15 is 9.59 Å². The van der Waals surface area contributed by atoms with E-state index in [0.717, 1.165) is 0 Å². The SMILES string of the molecule is CC[C@H](C)[C@H](NC(=O)[C@@H](NC(=O)[C@H](CCCCN)NC(=O)[C@H](CCC(N)=O)NC(=O)[C@@H](NC(=O)[C@H](Cc1c[nH]c2ccccc12)NC(=O)[C@H](CCCCN)NC(=O)[C@H](CCCCN)NC(=O)[C@H](CC(C)C)NC(=O)[C@H](CCCN=C(N)N)NC(=O)[C@H](Cc1ccccc1)NC(=O)[C@@H](N)C(C)C)[C@@H](C)CC)C(C)C)C(=O)O. The molecule has 0 aliphatic rings. The van der Waals surface area contributed by atoms with Crippen LogP contribution in [0.2, 0.25) is 0 Å². The fourth-order valence-corrected chi connectivity index (χ4v) is 12.2. The average Bonchev–Trinajstić information content (AvgIpc) is 1.73. The Balaban J connectivity index is 2.08. The first-order valence-electron chi connectivity index (χ1n) is 39.0. The van der Waals surface area contributed by atoms with Crippen LogP contribution in [0.4, 0.5) is 0 Å². The lowest BCUT2D eigenvalue weighted by Gasteiger charge is -2.30. The van der Waals surface area contributed by atoms with Crippen LogP contribution in [0.15, 0.2) is 65.8 Å². The van der Waals surface area contributed by atoms with Gasteiger partial charge in [-0.3, -0.25) is 62.5 Å². The van der Waals surface area contributed by atoms with E-state index in [1.807, 2.05) is 19.9 Å². The summed E-state index contributed by atoms with van der Waals surface area (Å²) in [4.78, 5) is 192. The molecular weight excluding hydrogens is 1430 g/mol. The minimum Gasteiger partial charge on any atom is -0.480 e. The number of nitrogens with two attached hydrogens (primary N) is 7. The lowest BCUT2D eigenvalue weighted by molar-refractivity contribution is -0.144. The van der Waals surface area contributed by atoms with Crippen LogP contribution >= 0.6 is 0 Å². The highest BCUT2D eigenvalue weighted by molar-refractivity contribution is 6.00. The van der Waals surface area contributed by atoms with Gasteiger partial charge in [-0.25, -0.2) is 4.79 Å². The Kier molecular flexibility index (Phi) is 43.1. The van der Waals surface area contributed by atoms with Crippen molar-refractivity contribution < 1.29 is 67.4 Å². The topological polar surface area (TPSA) is 585 Å². The minimum atomic E-state index is -1.56. The highest BCUT2D eigenvalue weighted by Crippen LogP contribution is 2.22. The Morgan fingerprint density at radius 2 is 0.811 bits per heavy atom. The molecule has 27 N–H and O–H groups in total. The molecule has 111 heavy (non-hydrogen) atoms. The van der Waals surface area contributed by atoms with Crippen molar-refractivity contribution >= 4 is 93.7 Å². The van der Waals surface area contributed by atoms with Gasteiger partial charge in [-0.15, -0.1) is 0 Å². The van der Waals surface area contributed by atoms with Crippen molar-refractivity contribution in [1.82, 2.24) is 63.5 Å². The summed E-state index contributed by atoms with van der Waals surface area (Å²) in [6, 6.07) is 0.140. The zero-order valence-electron chi connectivity index (χ0n) is 66.4. The first-order valence-corrected chi connectivity index (χ1v) is 39.0. The van der Waals surface area contributed by atoms with Crippen molar-refractivity contribution in [2.45, 2.75) is 257 Å². The molecule has 3 aromatic rings. The third-order valence-electron chi connectivity index (χ3n) is 19.5. The number of carboxylic acid groups (broad SMARTS) is 1. The molecule has 1 aromatic heterocycles. The summed E-state index contributed by atoms with van der Waals surface area (Å²) < 4.78 is 0. The van der Waals surface area contributed by atoms with Gasteiger partial charge in [-0.05, 0) is 150 Å². The molecule has 34 nitrogen and oxygen atoms in total. The smallest absolute Gasteiger partial charge is 0.326 e. The van der Waals surface area contributed by atoms with Gasteiger partial charge in [0.1, 0.15) is 66.5 Å². The third kappa shape index (κ3) is 33.8. The maximum Gasteiger partial charge on any atom is 0.326 e. The Bertz CT molecular complexity index is 3520. The van der Waals surface area contributed by atoms with E-state index in [1.165, 1.54) is 0 Å². The number of aliphatic carboxylic acids is 1. The molecule has 12 amide bonds. The van der Waals surface area contributed by atoms with Crippen molar-refractivity contribution in [3.8, 4) is 0 Å². The summed E-state index contributed by atoms with van der Waals surface area (Å²) in [6.45, 7) is 18.0. The molecule has 0 unspecified atom stereocenters. The van der Waals surface area contributed by atoms with Gasteiger partial charge in [0.15, 0.2) is 5.96 Å². The second-order valence-electron chi connectivity index (χ2n) is 29.8. The maximum atomic E-state index is 15.2. The highest BCUT2D eigenvalue weighted by atomic mass is 16.4. The maximum absolute atomic E-state index is 15.2. The largest absolute Gasteiger partial charge is 0.480 e. The fourth-order valence-electron chi connectivity index (χ4n) is 12.2. The number of guanidine groups is 1. The quantitative estimate of drug-likeness (QED) is 0.0199. The average molecular weight is 1560 g/mol. The summed E-state index contributed by atoms with van der Waals surface area (Å²) in [5.41, 5.74) is 42.7. The van der Waals surface area contributed by atoms with Gasteiger partial charge in [0.25, 0.3) is 0 Å². The van der Waals surface area contributed by atoms with Crippen molar-refractivity contribution in [3.05, 3.63) is 71.9 Å². The molecule has 0 aliphatic heterocycles. The number of aliphatic imine (C=N–C) groups is 1. The van der Waals surface area contributed by atoms with Crippen LogP contribution in [0.1, 0.15) is 183 Å². The van der Waals surface area contributed by atoms with Gasteiger partial charge in [0.2, 0.25) is 70.9 Å². The molecule has 0 saturated heterocycles. The molecule has 0 saturated carbocycles. The number of para-hydroxylation sites is 1. The van der Waals surface area contributed by atoms with Crippen LogP contribution in [0.3, 0.4) is 0 Å². The van der Waals surface area contributed by atoms with Crippen LogP contribution in [-0.4, -0.2) is 192 Å². The number of amides is 12. The van der Waals surface area contributed by atoms with E-state index in [4.69, 9.17) is 40.1 Å². The van der Waals surface area contributed by atoms with Gasteiger partial charge >= 0.3 is 5.97 Å². The molecule has 0 fully saturated rings. The number of nitrogens with zero attached hydrogens (tertiary/aromatic N) is 1. The number of benzene rings is 2. The first-order chi connectivity index (χ1) is 52.6. The number of carboxylic acids is 1. The minimum absolute atomic E-state index is 0.00255. The number of H-pyrrole nitrogens is 1. The molecule has 0 aliphatic carbocycles. The molecule has 0 spiro atoms. The van der Waals surface area contributed by atoms with Crippen molar-refractivity contribution in [3.63, 3.8) is 0 Å². The lowest BCUT2D eigenvalue weighted by atomic mass is 9.96. The predicted octanol–water partition coefficient (Wildman–Crippen LogP) is -0.146. The van der Waals surface area contributed by atoms with Gasteiger partial charge < -0.3 is 109 Å². The van der Waals surface area contributed by atoms with Crippen molar-refractivity contribution in [2.75, 3.05) is 26.2 Å². The molecule has 34 heteroatoms. The number of carbonyl (C=O) groups is 13. The monoisotopic (exact) mass is 1560 g/mol. The number of fused-ring (bicyclic) bond motifs is 1. The van der Waals surface area contributed by atoms with Crippen molar-refractivity contribution in [2.24, 2.45) is 74.7 Å². The van der Waals surface area contributed by atoms with Crippen LogP contribution in [0.25, 0.3) is 10.9 Å². The van der Waals surface area contributed by atoms with E-state index in [0.29, 0.717) is 67.0 Å². The first kappa shape index (κ1) is 95.4.